The van der Waals surface area contributed by atoms with Crippen molar-refractivity contribution in [1.82, 2.24) is 20.6 Å². The molecule has 0 aliphatic heterocycles. The molecule has 0 bridgehead atoms. The zero-order valence-corrected chi connectivity index (χ0v) is 20.8. The summed E-state index contributed by atoms with van der Waals surface area (Å²) in [5.41, 5.74) is 10.8. The van der Waals surface area contributed by atoms with E-state index in [1.807, 2.05) is 0 Å². The average Bonchev–Trinajstić information content (AvgIpc) is 2.91. The Bertz CT molecular complexity index is 1120. The SMILES string of the molecule is COc1cc(OC)c(C(=O)NCCN)cc1C(N)=O.O=C(O)c1cc(C(=O)NC2CCCCC2)ncn1. The molecule has 0 unspecified atom stereocenters. The number of amides is 3. The van der Waals surface area contributed by atoms with Crippen molar-refractivity contribution in [3.63, 3.8) is 0 Å². The van der Waals surface area contributed by atoms with Gasteiger partial charge >= 0.3 is 5.97 Å². The van der Waals surface area contributed by atoms with Crippen LogP contribution in [0.3, 0.4) is 0 Å². The number of methoxy groups -OCH3 is 2. The van der Waals surface area contributed by atoms with Crippen LogP contribution >= 0.6 is 0 Å². The first kappa shape index (κ1) is 29.0. The smallest absolute Gasteiger partial charge is 0.354 e. The van der Waals surface area contributed by atoms with Crippen molar-refractivity contribution in [3.8, 4) is 11.5 Å². The van der Waals surface area contributed by atoms with E-state index in [0.717, 1.165) is 32.0 Å². The van der Waals surface area contributed by atoms with Gasteiger partial charge in [-0.05, 0) is 18.9 Å². The van der Waals surface area contributed by atoms with Gasteiger partial charge in [-0.3, -0.25) is 14.4 Å². The van der Waals surface area contributed by atoms with Gasteiger partial charge in [0, 0.05) is 31.3 Å². The van der Waals surface area contributed by atoms with Crippen LogP contribution in [0.1, 0.15) is 73.8 Å². The summed E-state index contributed by atoms with van der Waals surface area (Å²) in [5.74, 6) is -2.04. The molecular formula is C24H32N6O7. The fraction of sp³-hybridized carbons (Fsp3) is 0.417. The van der Waals surface area contributed by atoms with Crippen molar-refractivity contribution in [3.05, 3.63) is 47.0 Å². The Morgan fingerprint density at radius 3 is 2.14 bits per heavy atom. The second kappa shape index (κ2) is 14.3. The molecule has 37 heavy (non-hydrogen) atoms. The summed E-state index contributed by atoms with van der Waals surface area (Å²) in [5, 5.41) is 14.3. The maximum Gasteiger partial charge on any atom is 0.354 e. The molecule has 13 heteroatoms. The summed E-state index contributed by atoms with van der Waals surface area (Å²) in [6.07, 6.45) is 6.50. The molecule has 3 amide bonds. The predicted molar refractivity (Wildman–Crippen MR) is 133 cm³/mol. The second-order valence-corrected chi connectivity index (χ2v) is 8.06. The van der Waals surface area contributed by atoms with E-state index in [4.69, 9.17) is 26.0 Å². The number of nitrogens with two attached hydrogens (primary N) is 2. The van der Waals surface area contributed by atoms with Crippen molar-refractivity contribution >= 4 is 23.7 Å². The maximum absolute atomic E-state index is 11.9. The first-order chi connectivity index (χ1) is 17.7. The van der Waals surface area contributed by atoms with E-state index in [9.17, 15) is 19.2 Å². The maximum atomic E-state index is 11.9. The number of hydrogen-bond donors (Lipinski definition) is 5. The Morgan fingerprint density at radius 1 is 0.946 bits per heavy atom. The summed E-state index contributed by atoms with van der Waals surface area (Å²) in [6.45, 7) is 0.632. The number of aromatic nitrogens is 2. The van der Waals surface area contributed by atoms with Crippen molar-refractivity contribution in [2.75, 3.05) is 27.3 Å². The molecule has 0 saturated heterocycles. The molecule has 2 aromatic rings. The van der Waals surface area contributed by atoms with Crippen molar-refractivity contribution < 1.29 is 33.8 Å². The van der Waals surface area contributed by atoms with E-state index < -0.39 is 17.8 Å². The van der Waals surface area contributed by atoms with Crippen LogP contribution in [0.2, 0.25) is 0 Å². The largest absolute Gasteiger partial charge is 0.496 e. The molecule has 1 fully saturated rings. The number of carbonyl (C=O) groups is 4. The molecule has 1 aromatic heterocycles. The quantitative estimate of drug-likeness (QED) is 0.315. The van der Waals surface area contributed by atoms with Crippen LogP contribution in [-0.4, -0.2) is 72.1 Å². The number of carboxylic acid groups (broad SMARTS) is 1. The predicted octanol–water partition coefficient (Wildman–Crippen LogP) is 0.729. The number of primary amides is 1. The fourth-order valence-electron chi connectivity index (χ4n) is 3.65. The van der Waals surface area contributed by atoms with Crippen LogP contribution in [0.25, 0.3) is 0 Å². The lowest BCUT2D eigenvalue weighted by molar-refractivity contribution is 0.0689. The lowest BCUT2D eigenvalue weighted by Crippen LogP contribution is -2.36. The number of benzene rings is 1. The van der Waals surface area contributed by atoms with Gasteiger partial charge in [-0.1, -0.05) is 19.3 Å². The molecule has 1 aromatic carbocycles. The summed E-state index contributed by atoms with van der Waals surface area (Å²) >= 11 is 0. The molecule has 0 spiro atoms. The molecule has 7 N–H and O–H groups in total. The number of nitrogens with zero attached hydrogens (tertiary/aromatic N) is 2. The standard InChI is InChI=1S/C12H17N3O4.C12H15N3O3/c1-18-9-6-10(19-2)8(5-7(9)11(14)16)12(17)15-4-3-13;16-11(15-8-4-2-1-3-5-8)9-6-10(12(17)18)14-7-13-9/h5-6H,3-4,13H2,1-2H3,(H2,14,16)(H,15,17);6-8H,1-5H2,(H,15,16)(H,17,18). The average molecular weight is 517 g/mol. The third-order valence-corrected chi connectivity index (χ3v) is 5.52. The van der Waals surface area contributed by atoms with Crippen LogP contribution in [0.15, 0.2) is 24.5 Å². The summed E-state index contributed by atoms with van der Waals surface area (Å²) in [7, 11) is 2.81. The Labute approximate surface area is 213 Å². The molecule has 0 radical (unpaired) electrons. The minimum absolute atomic E-state index is 0.105. The molecule has 13 nitrogen and oxygen atoms in total. The number of carbonyl (C=O) groups excluding carboxylic acids is 3. The van der Waals surface area contributed by atoms with E-state index in [0.29, 0.717) is 13.1 Å². The highest BCUT2D eigenvalue weighted by molar-refractivity contribution is 6.02. The van der Waals surface area contributed by atoms with Gasteiger partial charge in [0.1, 0.15) is 23.5 Å². The van der Waals surface area contributed by atoms with Gasteiger partial charge in [-0.25, -0.2) is 14.8 Å². The molecule has 200 valence electrons. The lowest BCUT2D eigenvalue weighted by atomic mass is 9.95. The van der Waals surface area contributed by atoms with E-state index in [1.54, 1.807) is 0 Å². The normalized spacial score (nSPS) is 12.9. The Hall–Kier alpha value is -4.26. The number of ether oxygens (including phenoxy) is 2. The number of rotatable bonds is 9. The Morgan fingerprint density at radius 2 is 1.57 bits per heavy atom. The molecule has 1 heterocycles. The van der Waals surface area contributed by atoms with Gasteiger partial charge in [0.25, 0.3) is 17.7 Å². The minimum Gasteiger partial charge on any atom is -0.496 e. The van der Waals surface area contributed by atoms with E-state index in [-0.39, 0.29) is 46.0 Å². The molecule has 3 rings (SSSR count). The van der Waals surface area contributed by atoms with Crippen molar-refractivity contribution in [2.45, 2.75) is 38.1 Å². The van der Waals surface area contributed by atoms with Crippen LogP contribution in [0.4, 0.5) is 0 Å². The minimum atomic E-state index is -1.16. The third-order valence-electron chi connectivity index (χ3n) is 5.52. The van der Waals surface area contributed by atoms with Gasteiger partial charge in [-0.2, -0.15) is 0 Å². The zero-order valence-electron chi connectivity index (χ0n) is 20.8. The summed E-state index contributed by atoms with van der Waals surface area (Å²) in [4.78, 5) is 53.3. The van der Waals surface area contributed by atoms with Gasteiger partial charge in [0.2, 0.25) is 0 Å². The van der Waals surface area contributed by atoms with Crippen LogP contribution in [-0.2, 0) is 0 Å². The highest BCUT2D eigenvalue weighted by atomic mass is 16.5. The second-order valence-electron chi connectivity index (χ2n) is 8.06. The van der Waals surface area contributed by atoms with Gasteiger partial charge in [-0.15, -0.1) is 0 Å². The fourth-order valence-corrected chi connectivity index (χ4v) is 3.65. The topological polar surface area (TPSA) is 209 Å². The van der Waals surface area contributed by atoms with Crippen LogP contribution in [0, 0.1) is 0 Å². The molecular weight excluding hydrogens is 484 g/mol. The Balaban J connectivity index is 0.000000260. The third kappa shape index (κ3) is 8.42. The highest BCUT2D eigenvalue weighted by Crippen LogP contribution is 2.29. The van der Waals surface area contributed by atoms with E-state index in [2.05, 4.69) is 20.6 Å². The molecule has 1 aliphatic rings. The molecule has 1 aliphatic carbocycles. The van der Waals surface area contributed by atoms with Crippen molar-refractivity contribution in [1.29, 1.82) is 0 Å². The number of carboxylic acids is 1. The first-order valence-corrected chi connectivity index (χ1v) is 11.6. The van der Waals surface area contributed by atoms with Gasteiger partial charge in [0.15, 0.2) is 5.69 Å². The summed E-state index contributed by atoms with van der Waals surface area (Å²) < 4.78 is 10.1. The van der Waals surface area contributed by atoms with Crippen molar-refractivity contribution in [2.24, 2.45) is 11.5 Å². The van der Waals surface area contributed by atoms with Crippen LogP contribution in [0.5, 0.6) is 11.5 Å². The highest BCUT2D eigenvalue weighted by Gasteiger charge is 2.20. The van der Waals surface area contributed by atoms with Gasteiger partial charge in [0.05, 0.1) is 25.3 Å². The first-order valence-electron chi connectivity index (χ1n) is 11.6. The number of hydrogen-bond acceptors (Lipinski definition) is 9. The van der Waals surface area contributed by atoms with Gasteiger partial charge < -0.3 is 36.7 Å². The summed E-state index contributed by atoms with van der Waals surface area (Å²) in [6, 6.07) is 4.15. The number of nitrogens with one attached hydrogen (secondary N) is 2. The van der Waals surface area contributed by atoms with E-state index >= 15 is 0 Å². The Kier molecular flexibility index (Phi) is 11.2. The molecule has 1 saturated carbocycles. The lowest BCUT2D eigenvalue weighted by Gasteiger charge is -2.22. The monoisotopic (exact) mass is 516 g/mol. The number of aromatic carboxylic acids is 1. The zero-order chi connectivity index (χ0) is 27.4. The van der Waals surface area contributed by atoms with Crippen LogP contribution < -0.4 is 31.6 Å². The van der Waals surface area contributed by atoms with E-state index in [1.165, 1.54) is 38.8 Å². The molecule has 0 atom stereocenters.